The maximum atomic E-state index is 12.7. The third kappa shape index (κ3) is 3.21. The maximum Gasteiger partial charge on any atom is 0.248 e. The lowest BCUT2D eigenvalue weighted by Gasteiger charge is -2.32. The van der Waals surface area contributed by atoms with Crippen molar-refractivity contribution in [3.8, 4) is 0 Å². The number of benzene rings is 1. The van der Waals surface area contributed by atoms with Crippen molar-refractivity contribution in [3.63, 3.8) is 0 Å². The van der Waals surface area contributed by atoms with Gasteiger partial charge in [0.1, 0.15) is 12.2 Å². The molecule has 1 unspecified atom stereocenters. The van der Waals surface area contributed by atoms with Gasteiger partial charge in [-0.1, -0.05) is 25.1 Å². The van der Waals surface area contributed by atoms with Crippen LogP contribution in [0.1, 0.15) is 41.6 Å². The number of allylic oxidation sites excluding steroid dienone is 1. The molecule has 1 amide bonds. The molecule has 27 heavy (non-hydrogen) atoms. The molecule has 2 aromatic rings. The molecule has 6 heteroatoms. The Labute approximate surface area is 158 Å². The van der Waals surface area contributed by atoms with Crippen molar-refractivity contribution in [1.29, 1.82) is 0 Å². The van der Waals surface area contributed by atoms with Crippen molar-refractivity contribution in [2.24, 2.45) is 12.0 Å². The van der Waals surface area contributed by atoms with Crippen LogP contribution >= 0.6 is 0 Å². The van der Waals surface area contributed by atoms with E-state index in [1.54, 1.807) is 4.68 Å². The molecule has 0 saturated heterocycles. The quantitative estimate of drug-likeness (QED) is 0.903. The number of amides is 1. The number of aromatic nitrogens is 2. The van der Waals surface area contributed by atoms with Crippen LogP contribution in [0.3, 0.4) is 0 Å². The van der Waals surface area contributed by atoms with Gasteiger partial charge in [0.05, 0.1) is 11.4 Å². The Morgan fingerprint density at radius 2 is 2.15 bits per heavy atom. The summed E-state index contributed by atoms with van der Waals surface area (Å²) in [5.74, 6) is 0.300. The fraction of sp³-hybridized carbons (Fsp3) is 0.381. The molecule has 6 nitrogen and oxygen atoms in total. The van der Waals surface area contributed by atoms with Gasteiger partial charge < -0.3 is 10.0 Å². The molecule has 0 aliphatic carbocycles. The van der Waals surface area contributed by atoms with E-state index in [9.17, 15) is 9.90 Å². The lowest BCUT2D eigenvalue weighted by atomic mass is 9.85. The fourth-order valence-electron chi connectivity index (χ4n) is 3.96. The second kappa shape index (κ2) is 7.12. The van der Waals surface area contributed by atoms with E-state index in [0.29, 0.717) is 6.54 Å². The number of aliphatic imine (C=N–C) groups is 1. The summed E-state index contributed by atoms with van der Waals surface area (Å²) < 4.78 is 1.74. The molecule has 1 aromatic carbocycles. The normalized spacial score (nSPS) is 17.6. The zero-order chi connectivity index (χ0) is 19.0. The zero-order valence-corrected chi connectivity index (χ0v) is 15.7. The Morgan fingerprint density at radius 3 is 2.89 bits per heavy atom. The maximum absolute atomic E-state index is 12.7. The summed E-state index contributed by atoms with van der Waals surface area (Å²) in [6, 6.07) is 8.18. The van der Waals surface area contributed by atoms with Crippen LogP contribution in [-0.2, 0) is 18.3 Å². The first-order valence-electron chi connectivity index (χ1n) is 9.38. The number of hydrogen-bond donors (Lipinski definition) is 1. The first kappa shape index (κ1) is 17.7. The van der Waals surface area contributed by atoms with Crippen molar-refractivity contribution in [2.45, 2.75) is 25.7 Å². The van der Waals surface area contributed by atoms with Crippen LogP contribution in [0, 0.1) is 0 Å². The van der Waals surface area contributed by atoms with Gasteiger partial charge in [0.15, 0.2) is 0 Å². The number of aryl methyl sites for hydroxylation is 1. The average Bonchev–Trinajstić information content (AvgIpc) is 3.02. The molecule has 4 rings (SSSR count). The van der Waals surface area contributed by atoms with Crippen molar-refractivity contribution >= 4 is 17.3 Å². The van der Waals surface area contributed by atoms with E-state index >= 15 is 0 Å². The second-order valence-electron chi connectivity index (χ2n) is 7.19. The molecular weight excluding hydrogens is 340 g/mol. The van der Waals surface area contributed by atoms with Crippen molar-refractivity contribution in [1.82, 2.24) is 14.7 Å². The lowest BCUT2D eigenvalue weighted by Crippen LogP contribution is -2.36. The third-order valence-electron chi connectivity index (χ3n) is 5.39. The van der Waals surface area contributed by atoms with Gasteiger partial charge >= 0.3 is 0 Å². The van der Waals surface area contributed by atoms with Gasteiger partial charge in [0.25, 0.3) is 0 Å². The minimum Gasteiger partial charge on any atom is -0.396 e. The number of carbonyl (C=O) groups is 1. The van der Waals surface area contributed by atoms with Crippen LogP contribution in [0.25, 0.3) is 5.70 Å². The minimum atomic E-state index is 0.0200. The van der Waals surface area contributed by atoms with Crippen LogP contribution in [0.2, 0.25) is 0 Å². The molecule has 140 valence electrons. The molecule has 2 aliphatic rings. The smallest absolute Gasteiger partial charge is 0.248 e. The van der Waals surface area contributed by atoms with Crippen LogP contribution in [0.4, 0.5) is 0 Å². The molecule has 0 spiro atoms. The number of aliphatic hydroxyl groups is 1. The van der Waals surface area contributed by atoms with E-state index in [1.165, 1.54) is 11.1 Å². The standard InChI is InChI=1S/C21H24N4O2/c1-14(8-11-26)15-4-3-5-17-16(15)6-10-25-20(17)12-19(22-13-21(25)27)18-7-9-24(2)23-18/h3-5,7,9,12,14,26H,6,8,10-11,13H2,1-2H3. The lowest BCUT2D eigenvalue weighted by molar-refractivity contribution is -0.126. The highest BCUT2D eigenvalue weighted by atomic mass is 16.3. The number of aliphatic hydroxyl groups excluding tert-OH is 1. The number of fused-ring (bicyclic) bond motifs is 3. The van der Waals surface area contributed by atoms with Crippen molar-refractivity contribution < 1.29 is 9.90 Å². The number of hydrogen-bond acceptors (Lipinski definition) is 4. The summed E-state index contributed by atoms with van der Waals surface area (Å²) in [4.78, 5) is 19.0. The van der Waals surface area contributed by atoms with E-state index in [4.69, 9.17) is 0 Å². The predicted octanol–water partition coefficient (Wildman–Crippen LogP) is 2.13. The summed E-state index contributed by atoms with van der Waals surface area (Å²) in [5, 5.41) is 13.8. The van der Waals surface area contributed by atoms with Crippen LogP contribution in [0.15, 0.2) is 41.5 Å². The van der Waals surface area contributed by atoms with Gasteiger partial charge in [0.2, 0.25) is 5.91 Å². The number of nitrogens with zero attached hydrogens (tertiary/aromatic N) is 4. The van der Waals surface area contributed by atoms with Crippen LogP contribution < -0.4 is 0 Å². The topological polar surface area (TPSA) is 70.7 Å². The van der Waals surface area contributed by atoms with E-state index in [-0.39, 0.29) is 25.0 Å². The molecule has 0 radical (unpaired) electrons. The second-order valence-corrected chi connectivity index (χ2v) is 7.19. The predicted molar refractivity (Wildman–Crippen MR) is 105 cm³/mol. The van der Waals surface area contributed by atoms with E-state index in [2.05, 4.69) is 29.1 Å². The first-order valence-corrected chi connectivity index (χ1v) is 9.38. The van der Waals surface area contributed by atoms with E-state index < -0.39 is 0 Å². The minimum absolute atomic E-state index is 0.0200. The Kier molecular flexibility index (Phi) is 4.66. The van der Waals surface area contributed by atoms with Crippen LogP contribution in [-0.4, -0.2) is 51.1 Å². The average molecular weight is 364 g/mol. The van der Waals surface area contributed by atoms with Gasteiger partial charge in [0, 0.05) is 32.0 Å². The molecule has 1 atom stereocenters. The third-order valence-corrected chi connectivity index (χ3v) is 5.39. The molecule has 2 aliphatic heterocycles. The summed E-state index contributed by atoms with van der Waals surface area (Å²) in [6.07, 6.45) is 5.43. The summed E-state index contributed by atoms with van der Waals surface area (Å²) in [6.45, 7) is 3.12. The Balaban J connectivity index is 1.82. The summed E-state index contributed by atoms with van der Waals surface area (Å²) >= 11 is 0. The molecule has 3 heterocycles. The Hall–Kier alpha value is -2.73. The molecule has 0 bridgehead atoms. The SMILES string of the molecule is CC(CCO)c1cccc2c1CCN1C(=O)CN=C(c3ccn(C)n3)C=C21. The van der Waals surface area contributed by atoms with Gasteiger partial charge in [-0.25, -0.2) is 0 Å². The van der Waals surface area contributed by atoms with Gasteiger partial charge in [-0.15, -0.1) is 0 Å². The molecule has 0 fully saturated rings. The monoisotopic (exact) mass is 364 g/mol. The molecule has 1 N–H and O–H groups in total. The molecular formula is C21H24N4O2. The highest BCUT2D eigenvalue weighted by molar-refractivity contribution is 6.14. The van der Waals surface area contributed by atoms with Crippen molar-refractivity contribution in [2.75, 3.05) is 19.7 Å². The highest BCUT2D eigenvalue weighted by Crippen LogP contribution is 2.35. The number of rotatable bonds is 4. The van der Waals surface area contributed by atoms with Crippen LogP contribution in [0.5, 0.6) is 0 Å². The Morgan fingerprint density at radius 1 is 1.30 bits per heavy atom. The Bertz CT molecular complexity index is 941. The zero-order valence-electron chi connectivity index (χ0n) is 15.7. The molecule has 1 aromatic heterocycles. The fourth-order valence-corrected chi connectivity index (χ4v) is 3.96. The molecule has 0 saturated carbocycles. The van der Waals surface area contributed by atoms with Crippen molar-refractivity contribution in [3.05, 3.63) is 58.9 Å². The van der Waals surface area contributed by atoms with E-state index in [0.717, 1.165) is 35.5 Å². The van der Waals surface area contributed by atoms with Gasteiger partial charge in [-0.2, -0.15) is 5.10 Å². The summed E-state index contributed by atoms with van der Waals surface area (Å²) in [7, 11) is 1.87. The summed E-state index contributed by atoms with van der Waals surface area (Å²) in [5.41, 5.74) is 6.04. The number of carbonyl (C=O) groups excluding carboxylic acids is 1. The first-order chi connectivity index (χ1) is 13.1. The largest absolute Gasteiger partial charge is 0.396 e. The van der Waals surface area contributed by atoms with Gasteiger partial charge in [-0.3, -0.25) is 14.5 Å². The van der Waals surface area contributed by atoms with E-state index in [1.807, 2.05) is 36.4 Å². The van der Waals surface area contributed by atoms with Gasteiger partial charge in [-0.05, 0) is 42.0 Å². The highest BCUT2D eigenvalue weighted by Gasteiger charge is 2.30.